The van der Waals surface area contributed by atoms with Gasteiger partial charge in [-0.2, -0.15) is 9.37 Å². The minimum Gasteiger partial charge on any atom is -0.475 e. The van der Waals surface area contributed by atoms with Gasteiger partial charge in [-0.05, 0) is 43.4 Å². The van der Waals surface area contributed by atoms with Crippen molar-refractivity contribution in [2.24, 2.45) is 5.92 Å². The first-order valence-corrected chi connectivity index (χ1v) is 9.43. The number of benzene rings is 1. The van der Waals surface area contributed by atoms with Crippen LogP contribution < -0.4 is 9.64 Å². The smallest absolute Gasteiger partial charge is 0.253 e. The van der Waals surface area contributed by atoms with Crippen LogP contribution in [0.1, 0.15) is 25.5 Å². The Kier molecular flexibility index (Phi) is 5.27. The molecule has 1 aliphatic rings. The van der Waals surface area contributed by atoms with Crippen molar-refractivity contribution >= 4 is 16.7 Å². The lowest BCUT2D eigenvalue weighted by atomic mass is 9.97. The van der Waals surface area contributed by atoms with Gasteiger partial charge in [0.25, 0.3) is 5.88 Å². The van der Waals surface area contributed by atoms with Crippen molar-refractivity contribution in [3.05, 3.63) is 48.2 Å². The van der Waals surface area contributed by atoms with Crippen LogP contribution in [0.15, 0.2) is 30.9 Å². The molecule has 0 atom stereocenters. The Bertz CT molecular complexity index is 976. The number of piperidine rings is 1. The van der Waals surface area contributed by atoms with Crippen LogP contribution in [-0.2, 0) is 6.42 Å². The molecule has 0 bridgehead atoms. The van der Waals surface area contributed by atoms with Gasteiger partial charge in [0, 0.05) is 18.5 Å². The first kappa shape index (κ1) is 18.5. The number of rotatable bonds is 5. The van der Waals surface area contributed by atoms with Crippen LogP contribution in [0.4, 0.5) is 14.6 Å². The zero-order valence-electron chi connectivity index (χ0n) is 15.6. The van der Waals surface area contributed by atoms with Gasteiger partial charge in [0.05, 0.1) is 17.8 Å². The van der Waals surface area contributed by atoms with Gasteiger partial charge in [0.1, 0.15) is 24.3 Å². The minimum absolute atomic E-state index is 0.0200. The van der Waals surface area contributed by atoms with E-state index in [1.54, 1.807) is 6.07 Å². The predicted molar refractivity (Wildman–Crippen MR) is 101 cm³/mol. The third-order valence-electron chi connectivity index (χ3n) is 5.11. The van der Waals surface area contributed by atoms with Gasteiger partial charge in [0.2, 0.25) is 5.82 Å². The highest BCUT2D eigenvalue weighted by Gasteiger charge is 2.23. The van der Waals surface area contributed by atoms with Crippen LogP contribution in [0.5, 0.6) is 5.88 Å². The molecule has 0 amide bonds. The number of anilines is 1. The summed E-state index contributed by atoms with van der Waals surface area (Å²) in [4.78, 5) is 18.5. The van der Waals surface area contributed by atoms with E-state index in [0.29, 0.717) is 30.0 Å². The molecule has 146 valence electrons. The fraction of sp³-hybridized carbons (Fsp3) is 0.400. The first-order valence-electron chi connectivity index (χ1n) is 9.43. The van der Waals surface area contributed by atoms with Crippen LogP contribution in [-0.4, -0.2) is 39.6 Å². The largest absolute Gasteiger partial charge is 0.475 e. The number of ether oxygens (including phenoxy) is 1. The van der Waals surface area contributed by atoms with Crippen molar-refractivity contribution in [2.45, 2.75) is 26.2 Å². The molecular formula is C20H21F2N5O. The Morgan fingerprint density at radius 1 is 1.07 bits per heavy atom. The van der Waals surface area contributed by atoms with Gasteiger partial charge in [-0.25, -0.2) is 19.3 Å². The Morgan fingerprint density at radius 2 is 1.86 bits per heavy atom. The van der Waals surface area contributed by atoms with E-state index in [1.165, 1.54) is 24.8 Å². The molecule has 0 aliphatic carbocycles. The number of hydrogen-bond donors (Lipinski definition) is 0. The average Bonchev–Trinajstić information content (AvgIpc) is 2.73. The summed E-state index contributed by atoms with van der Waals surface area (Å²) in [6.45, 7) is 3.78. The highest BCUT2D eigenvalue weighted by molar-refractivity contribution is 5.89. The van der Waals surface area contributed by atoms with Crippen LogP contribution in [0.2, 0.25) is 0 Å². The molecular weight excluding hydrogens is 364 g/mol. The molecule has 2 aromatic heterocycles. The third kappa shape index (κ3) is 3.72. The summed E-state index contributed by atoms with van der Waals surface area (Å²) in [5.74, 6) is 0.285. The molecule has 1 aliphatic heterocycles. The quantitative estimate of drug-likeness (QED) is 0.669. The lowest BCUT2D eigenvalue weighted by Crippen LogP contribution is -2.36. The molecule has 28 heavy (non-hydrogen) atoms. The summed E-state index contributed by atoms with van der Waals surface area (Å²) >= 11 is 0. The lowest BCUT2D eigenvalue weighted by molar-refractivity contribution is 0.206. The van der Waals surface area contributed by atoms with Crippen molar-refractivity contribution in [1.29, 1.82) is 0 Å². The summed E-state index contributed by atoms with van der Waals surface area (Å²) < 4.78 is 33.5. The van der Waals surface area contributed by atoms with Gasteiger partial charge in [-0.15, -0.1) is 0 Å². The second-order valence-electron chi connectivity index (χ2n) is 6.89. The Labute approximate surface area is 161 Å². The standard InChI is InChI=1S/C20H21F2N5O/c1-2-16-18(22)20(26-12-23-16)28-10-13-5-7-27(8-6-13)19-15-9-14(21)3-4-17(15)24-11-25-19/h3-4,9,11-13H,2,5-8,10H2,1H3. The number of halogens is 2. The summed E-state index contributed by atoms with van der Waals surface area (Å²) in [5.41, 5.74) is 1.09. The van der Waals surface area contributed by atoms with Crippen molar-refractivity contribution in [1.82, 2.24) is 19.9 Å². The minimum atomic E-state index is -0.475. The van der Waals surface area contributed by atoms with E-state index in [0.717, 1.165) is 37.3 Å². The number of aromatic nitrogens is 4. The number of hydrogen-bond acceptors (Lipinski definition) is 6. The van der Waals surface area contributed by atoms with Gasteiger partial charge in [-0.3, -0.25) is 0 Å². The van der Waals surface area contributed by atoms with Crippen LogP contribution >= 0.6 is 0 Å². The molecule has 3 aromatic rings. The molecule has 0 saturated carbocycles. The normalized spacial score (nSPS) is 15.2. The SMILES string of the molecule is CCc1ncnc(OCC2CCN(c3ncnc4ccc(F)cc34)CC2)c1F. The molecule has 0 unspecified atom stereocenters. The van der Waals surface area contributed by atoms with E-state index >= 15 is 0 Å². The summed E-state index contributed by atoms with van der Waals surface area (Å²) in [6.07, 6.45) is 5.08. The Hall–Kier alpha value is -2.90. The van der Waals surface area contributed by atoms with E-state index < -0.39 is 5.82 Å². The summed E-state index contributed by atoms with van der Waals surface area (Å²) in [6, 6.07) is 4.54. The molecule has 6 nitrogen and oxygen atoms in total. The van der Waals surface area contributed by atoms with E-state index in [1.807, 2.05) is 6.92 Å². The van der Waals surface area contributed by atoms with Crippen LogP contribution in [0.25, 0.3) is 10.9 Å². The predicted octanol–water partition coefficient (Wildman–Crippen LogP) is 3.56. The second-order valence-corrected chi connectivity index (χ2v) is 6.89. The maximum atomic E-state index is 14.2. The number of aryl methyl sites for hydroxylation is 1. The topological polar surface area (TPSA) is 64.0 Å². The number of fused-ring (bicyclic) bond motifs is 1. The van der Waals surface area contributed by atoms with Crippen LogP contribution in [0, 0.1) is 17.6 Å². The molecule has 0 radical (unpaired) electrons. The van der Waals surface area contributed by atoms with Crippen molar-refractivity contribution in [3.63, 3.8) is 0 Å². The monoisotopic (exact) mass is 385 g/mol. The number of nitrogens with zero attached hydrogens (tertiary/aromatic N) is 5. The molecule has 1 saturated heterocycles. The van der Waals surface area contributed by atoms with E-state index in [2.05, 4.69) is 24.8 Å². The van der Waals surface area contributed by atoms with Gasteiger partial charge < -0.3 is 9.64 Å². The van der Waals surface area contributed by atoms with Crippen molar-refractivity contribution in [3.8, 4) is 5.88 Å². The molecule has 8 heteroatoms. The zero-order chi connectivity index (χ0) is 19.5. The molecule has 0 spiro atoms. The Morgan fingerprint density at radius 3 is 2.64 bits per heavy atom. The van der Waals surface area contributed by atoms with Gasteiger partial charge in [-0.1, -0.05) is 6.92 Å². The van der Waals surface area contributed by atoms with Crippen molar-refractivity contribution in [2.75, 3.05) is 24.6 Å². The van der Waals surface area contributed by atoms with E-state index in [9.17, 15) is 8.78 Å². The molecule has 1 aromatic carbocycles. The lowest BCUT2D eigenvalue weighted by Gasteiger charge is -2.33. The summed E-state index contributed by atoms with van der Waals surface area (Å²) in [5, 5.41) is 0.715. The highest BCUT2D eigenvalue weighted by atomic mass is 19.1. The van der Waals surface area contributed by atoms with Crippen LogP contribution in [0.3, 0.4) is 0 Å². The molecule has 1 fully saturated rings. The molecule has 4 rings (SSSR count). The average molecular weight is 385 g/mol. The Balaban J connectivity index is 1.40. The molecule has 3 heterocycles. The van der Waals surface area contributed by atoms with Crippen molar-refractivity contribution < 1.29 is 13.5 Å². The third-order valence-corrected chi connectivity index (χ3v) is 5.11. The fourth-order valence-corrected chi connectivity index (χ4v) is 3.51. The second kappa shape index (κ2) is 8.00. The maximum Gasteiger partial charge on any atom is 0.253 e. The highest BCUT2D eigenvalue weighted by Crippen LogP contribution is 2.28. The van der Waals surface area contributed by atoms with E-state index in [4.69, 9.17) is 4.74 Å². The van der Waals surface area contributed by atoms with Gasteiger partial charge >= 0.3 is 0 Å². The maximum absolute atomic E-state index is 14.2. The summed E-state index contributed by atoms with van der Waals surface area (Å²) in [7, 11) is 0. The first-order chi connectivity index (χ1) is 13.7. The fourth-order valence-electron chi connectivity index (χ4n) is 3.51. The molecule has 0 N–H and O–H groups in total. The van der Waals surface area contributed by atoms with E-state index in [-0.39, 0.29) is 11.7 Å². The van der Waals surface area contributed by atoms with Gasteiger partial charge in [0.15, 0.2) is 0 Å². The zero-order valence-corrected chi connectivity index (χ0v) is 15.6.